The zero-order chi connectivity index (χ0) is 15.4. The van der Waals surface area contributed by atoms with E-state index in [1.165, 1.54) is 5.56 Å². The molecule has 22 heavy (non-hydrogen) atoms. The summed E-state index contributed by atoms with van der Waals surface area (Å²) in [5.74, 6) is 0.538. The molecule has 1 heterocycles. The minimum absolute atomic E-state index is 0.293. The lowest BCUT2D eigenvalue weighted by Gasteiger charge is -2.09. The van der Waals surface area contributed by atoms with E-state index in [-0.39, 0.29) is 5.97 Å². The smallest absolute Gasteiger partial charge is 0.339 e. The summed E-state index contributed by atoms with van der Waals surface area (Å²) in [5, 5.41) is 3.22. The molecule has 5 heteroatoms. The molecule has 1 aliphatic rings. The number of nitrogens with zero attached hydrogens (tertiary/aromatic N) is 1. The number of carbonyl (C=O) groups excluding carboxylic acids is 1. The van der Waals surface area contributed by atoms with Gasteiger partial charge in [-0.2, -0.15) is 0 Å². The van der Waals surface area contributed by atoms with Gasteiger partial charge in [-0.3, -0.25) is 4.99 Å². The lowest BCUT2D eigenvalue weighted by molar-refractivity contribution is 0.0511. The summed E-state index contributed by atoms with van der Waals surface area (Å²) in [5.41, 5.74) is 2.88. The van der Waals surface area contributed by atoms with Crippen molar-refractivity contribution in [2.75, 3.05) is 13.2 Å². The van der Waals surface area contributed by atoms with Crippen LogP contribution in [0.4, 0.5) is 0 Å². The zero-order valence-electron chi connectivity index (χ0n) is 11.9. The van der Waals surface area contributed by atoms with E-state index in [2.05, 4.69) is 32.3 Å². The third kappa shape index (κ3) is 3.20. The minimum Gasteiger partial charge on any atom is -0.460 e. The second kappa shape index (κ2) is 6.75. The molecule has 0 radical (unpaired) electrons. The molecule has 3 rings (SSSR count). The number of halogens is 1. The molecule has 0 unspecified atom stereocenters. The molecule has 0 saturated carbocycles. The molecule has 0 bridgehead atoms. The normalized spacial score (nSPS) is 12.5. The SMILES string of the molecule is O=C(OCCNC1=NCc2ccccc21)c1ccccc1Br. The molecule has 1 N–H and O–H groups in total. The summed E-state index contributed by atoms with van der Waals surface area (Å²) in [7, 11) is 0. The van der Waals surface area contributed by atoms with Gasteiger partial charge in [0.25, 0.3) is 0 Å². The average Bonchev–Trinajstić information content (AvgIpc) is 2.95. The molecule has 0 amide bonds. The first kappa shape index (κ1) is 14.8. The van der Waals surface area contributed by atoms with Crippen LogP contribution in [0.2, 0.25) is 0 Å². The number of esters is 1. The van der Waals surface area contributed by atoms with Crippen LogP contribution >= 0.6 is 15.9 Å². The van der Waals surface area contributed by atoms with E-state index in [0.717, 1.165) is 15.9 Å². The number of hydrogen-bond acceptors (Lipinski definition) is 4. The van der Waals surface area contributed by atoms with Crippen LogP contribution in [0, 0.1) is 0 Å². The summed E-state index contributed by atoms with van der Waals surface area (Å²) >= 11 is 3.34. The molecular formula is C17H15BrN2O2. The Balaban J connectivity index is 1.49. The van der Waals surface area contributed by atoms with Crippen LogP contribution in [0.1, 0.15) is 21.5 Å². The molecule has 0 saturated heterocycles. The first-order valence-electron chi connectivity index (χ1n) is 7.04. The van der Waals surface area contributed by atoms with E-state index in [4.69, 9.17) is 4.74 Å². The van der Waals surface area contributed by atoms with Crippen molar-refractivity contribution in [3.8, 4) is 0 Å². The molecule has 2 aromatic carbocycles. The lowest BCUT2D eigenvalue weighted by Crippen LogP contribution is -2.28. The van der Waals surface area contributed by atoms with Gasteiger partial charge in [0.05, 0.1) is 18.7 Å². The maximum absolute atomic E-state index is 11.9. The topological polar surface area (TPSA) is 50.7 Å². The number of aliphatic imine (C=N–C) groups is 1. The van der Waals surface area contributed by atoms with E-state index >= 15 is 0 Å². The fourth-order valence-corrected chi connectivity index (χ4v) is 2.75. The highest BCUT2D eigenvalue weighted by molar-refractivity contribution is 9.10. The van der Waals surface area contributed by atoms with Crippen LogP contribution in [0.25, 0.3) is 0 Å². The fraction of sp³-hybridized carbons (Fsp3) is 0.176. The molecule has 1 aliphatic heterocycles. The Morgan fingerprint density at radius 1 is 1.18 bits per heavy atom. The van der Waals surface area contributed by atoms with E-state index in [1.807, 2.05) is 36.4 Å². The van der Waals surface area contributed by atoms with Crippen LogP contribution in [-0.2, 0) is 11.3 Å². The molecule has 112 valence electrons. The molecule has 0 aliphatic carbocycles. The maximum Gasteiger partial charge on any atom is 0.339 e. The molecule has 0 aromatic heterocycles. The summed E-state index contributed by atoms with van der Waals surface area (Å²) in [6.45, 7) is 1.53. The maximum atomic E-state index is 11.9. The van der Waals surface area contributed by atoms with Gasteiger partial charge in [0.1, 0.15) is 12.4 Å². The fourth-order valence-electron chi connectivity index (χ4n) is 2.31. The number of benzene rings is 2. The summed E-state index contributed by atoms with van der Waals surface area (Å²) in [4.78, 5) is 16.4. The van der Waals surface area contributed by atoms with Crippen molar-refractivity contribution in [2.24, 2.45) is 4.99 Å². The highest BCUT2D eigenvalue weighted by Gasteiger charge is 2.14. The molecule has 4 nitrogen and oxygen atoms in total. The second-order valence-corrected chi connectivity index (χ2v) is 5.72. The predicted octanol–water partition coefficient (Wildman–Crippen LogP) is 3.16. The third-order valence-electron chi connectivity index (χ3n) is 3.40. The number of fused-ring (bicyclic) bond motifs is 1. The Morgan fingerprint density at radius 2 is 1.95 bits per heavy atom. The van der Waals surface area contributed by atoms with Gasteiger partial charge in [-0.05, 0) is 33.6 Å². The van der Waals surface area contributed by atoms with Crippen LogP contribution in [0.5, 0.6) is 0 Å². The van der Waals surface area contributed by atoms with Crippen LogP contribution < -0.4 is 5.32 Å². The summed E-state index contributed by atoms with van der Waals surface area (Å²) in [6.07, 6.45) is 0. The molecule has 0 spiro atoms. The van der Waals surface area contributed by atoms with E-state index in [1.54, 1.807) is 6.07 Å². The van der Waals surface area contributed by atoms with Crippen molar-refractivity contribution in [2.45, 2.75) is 6.54 Å². The largest absolute Gasteiger partial charge is 0.460 e. The minimum atomic E-state index is -0.331. The average molecular weight is 359 g/mol. The van der Waals surface area contributed by atoms with Crippen molar-refractivity contribution in [3.05, 3.63) is 69.7 Å². The molecular weight excluding hydrogens is 344 g/mol. The Bertz CT molecular complexity index is 728. The van der Waals surface area contributed by atoms with E-state index < -0.39 is 0 Å². The molecule has 0 fully saturated rings. The van der Waals surface area contributed by atoms with Gasteiger partial charge >= 0.3 is 5.97 Å². The Labute approximate surface area is 137 Å². The number of carbonyl (C=O) groups is 1. The summed E-state index contributed by atoms with van der Waals surface area (Å²) < 4.78 is 6.01. The van der Waals surface area contributed by atoms with E-state index in [0.29, 0.717) is 25.3 Å². The monoisotopic (exact) mass is 358 g/mol. The van der Waals surface area contributed by atoms with Crippen molar-refractivity contribution in [1.29, 1.82) is 0 Å². The van der Waals surface area contributed by atoms with Gasteiger partial charge in [0.2, 0.25) is 0 Å². The molecule has 0 atom stereocenters. The zero-order valence-corrected chi connectivity index (χ0v) is 13.5. The van der Waals surface area contributed by atoms with Gasteiger partial charge in [0.15, 0.2) is 0 Å². The third-order valence-corrected chi connectivity index (χ3v) is 4.09. The van der Waals surface area contributed by atoms with Crippen molar-refractivity contribution < 1.29 is 9.53 Å². The lowest BCUT2D eigenvalue weighted by atomic mass is 10.1. The number of nitrogens with one attached hydrogen (secondary N) is 1. The van der Waals surface area contributed by atoms with Gasteiger partial charge < -0.3 is 10.1 Å². The Kier molecular flexibility index (Phi) is 4.53. The van der Waals surface area contributed by atoms with E-state index in [9.17, 15) is 4.79 Å². The van der Waals surface area contributed by atoms with Gasteiger partial charge in [-0.25, -0.2) is 4.79 Å². The summed E-state index contributed by atoms with van der Waals surface area (Å²) in [6, 6.07) is 15.3. The number of amidine groups is 1. The quantitative estimate of drug-likeness (QED) is 0.674. The van der Waals surface area contributed by atoms with Gasteiger partial charge in [0, 0.05) is 10.0 Å². The standard InChI is InChI=1S/C17H15BrN2O2/c18-15-8-4-3-7-14(15)17(21)22-10-9-19-16-13-6-2-1-5-12(13)11-20-16/h1-8H,9-11H2,(H,19,20). The second-order valence-electron chi connectivity index (χ2n) is 4.86. The number of hydrogen-bond donors (Lipinski definition) is 1. The van der Waals surface area contributed by atoms with Crippen molar-refractivity contribution in [1.82, 2.24) is 5.32 Å². The van der Waals surface area contributed by atoms with Crippen molar-refractivity contribution in [3.63, 3.8) is 0 Å². The molecule has 2 aromatic rings. The first-order chi connectivity index (χ1) is 10.8. The Morgan fingerprint density at radius 3 is 2.82 bits per heavy atom. The predicted molar refractivity (Wildman–Crippen MR) is 89.1 cm³/mol. The van der Waals surface area contributed by atoms with Crippen LogP contribution in [0.3, 0.4) is 0 Å². The highest BCUT2D eigenvalue weighted by Crippen LogP contribution is 2.17. The van der Waals surface area contributed by atoms with Crippen molar-refractivity contribution >= 4 is 27.7 Å². The van der Waals surface area contributed by atoms with Crippen LogP contribution in [0.15, 0.2) is 58.0 Å². The highest BCUT2D eigenvalue weighted by atomic mass is 79.9. The Hall–Kier alpha value is -2.14. The van der Waals surface area contributed by atoms with Gasteiger partial charge in [-0.15, -0.1) is 0 Å². The van der Waals surface area contributed by atoms with Gasteiger partial charge in [-0.1, -0.05) is 36.4 Å². The first-order valence-corrected chi connectivity index (χ1v) is 7.83. The number of ether oxygens (including phenoxy) is 1. The number of rotatable bonds is 4. The van der Waals surface area contributed by atoms with Crippen LogP contribution in [-0.4, -0.2) is 25.0 Å².